The van der Waals surface area contributed by atoms with Gasteiger partial charge in [-0.25, -0.2) is 9.97 Å². The molecule has 1 amide bonds. The first-order chi connectivity index (χ1) is 15.2. The predicted molar refractivity (Wildman–Crippen MR) is 118 cm³/mol. The van der Waals surface area contributed by atoms with E-state index in [1.54, 1.807) is 18.2 Å². The van der Waals surface area contributed by atoms with Gasteiger partial charge in [0.25, 0.3) is 5.91 Å². The largest absolute Gasteiger partial charge is 0.433 e. The van der Waals surface area contributed by atoms with Crippen LogP contribution in [0.3, 0.4) is 0 Å². The summed E-state index contributed by atoms with van der Waals surface area (Å²) in [6.45, 7) is 0. The van der Waals surface area contributed by atoms with Gasteiger partial charge in [0.05, 0.1) is 11.1 Å². The fraction of sp³-hybridized carbons (Fsp3) is 0.318. The molecule has 1 aromatic carbocycles. The average molecular weight is 464 g/mol. The predicted octanol–water partition coefficient (Wildman–Crippen LogP) is 5.04. The second kappa shape index (κ2) is 8.82. The number of hydrogen-bond donors (Lipinski definition) is 3. The highest BCUT2D eigenvalue weighted by Crippen LogP contribution is 2.35. The van der Waals surface area contributed by atoms with E-state index in [1.807, 2.05) is 0 Å². The van der Waals surface area contributed by atoms with Gasteiger partial charge in [-0.3, -0.25) is 4.79 Å². The lowest BCUT2D eigenvalue weighted by Gasteiger charge is -2.31. The third kappa shape index (κ3) is 5.04. The molecule has 4 N–H and O–H groups in total. The third-order valence-corrected chi connectivity index (χ3v) is 5.71. The Morgan fingerprint density at radius 1 is 1.12 bits per heavy atom. The lowest BCUT2D eigenvalue weighted by atomic mass is 9.90. The Bertz CT molecular complexity index is 1140. The molecule has 0 bridgehead atoms. The van der Waals surface area contributed by atoms with Crippen molar-refractivity contribution in [3.8, 4) is 0 Å². The molecule has 168 valence electrons. The van der Waals surface area contributed by atoms with E-state index in [1.165, 1.54) is 18.3 Å². The minimum atomic E-state index is -4.57. The summed E-state index contributed by atoms with van der Waals surface area (Å²) in [6, 6.07) is 8.51. The highest BCUT2D eigenvalue weighted by molar-refractivity contribution is 6.31. The zero-order chi connectivity index (χ0) is 22.9. The van der Waals surface area contributed by atoms with Gasteiger partial charge in [0, 0.05) is 34.4 Å². The molecule has 10 heteroatoms. The van der Waals surface area contributed by atoms with Crippen LogP contribution in [0, 0.1) is 0 Å². The molecule has 2 heterocycles. The molecule has 2 aromatic heterocycles. The first-order valence-electron chi connectivity index (χ1n) is 10.2. The van der Waals surface area contributed by atoms with Crippen molar-refractivity contribution in [2.45, 2.75) is 43.9 Å². The van der Waals surface area contributed by atoms with Crippen LogP contribution in [0.2, 0.25) is 5.02 Å². The number of hydrogen-bond acceptors (Lipinski definition) is 5. The molecule has 0 aliphatic heterocycles. The summed E-state index contributed by atoms with van der Waals surface area (Å²) in [4.78, 5) is 20.2. The Labute approximate surface area is 187 Å². The fourth-order valence-electron chi connectivity index (χ4n) is 3.94. The van der Waals surface area contributed by atoms with Crippen molar-refractivity contribution in [2.75, 3.05) is 11.1 Å². The number of benzene rings is 1. The monoisotopic (exact) mass is 463 g/mol. The van der Waals surface area contributed by atoms with Crippen LogP contribution in [0.15, 0.2) is 42.6 Å². The number of halogens is 4. The normalized spacial score (nSPS) is 19.0. The molecule has 1 saturated carbocycles. The summed E-state index contributed by atoms with van der Waals surface area (Å²) in [5.74, 6) is 0.0648. The van der Waals surface area contributed by atoms with Gasteiger partial charge in [-0.15, -0.1) is 0 Å². The van der Waals surface area contributed by atoms with Crippen molar-refractivity contribution in [1.29, 1.82) is 0 Å². The smallest absolute Gasteiger partial charge is 0.384 e. The molecule has 3 aromatic rings. The van der Waals surface area contributed by atoms with E-state index in [0.29, 0.717) is 33.9 Å². The van der Waals surface area contributed by atoms with E-state index >= 15 is 0 Å². The Morgan fingerprint density at radius 2 is 1.91 bits per heavy atom. The molecule has 2 atom stereocenters. The number of carbonyl (C=O) groups is 1. The molecule has 1 fully saturated rings. The van der Waals surface area contributed by atoms with Crippen LogP contribution in [0.1, 0.15) is 41.7 Å². The van der Waals surface area contributed by atoms with Crippen LogP contribution in [0.25, 0.3) is 10.9 Å². The van der Waals surface area contributed by atoms with Crippen LogP contribution in [0.5, 0.6) is 0 Å². The number of fused-ring (bicyclic) bond motifs is 1. The number of anilines is 2. The SMILES string of the molecule is Nc1ccc(C(=O)NC2CCC[C@H](Nc3cc(C(F)(F)F)nc4ccc(Cl)cc34)C2)cn1. The number of nitrogens with one attached hydrogen (secondary N) is 2. The number of pyridine rings is 2. The topological polar surface area (TPSA) is 92.9 Å². The van der Waals surface area contributed by atoms with Crippen molar-refractivity contribution in [2.24, 2.45) is 0 Å². The minimum Gasteiger partial charge on any atom is -0.384 e. The van der Waals surface area contributed by atoms with Gasteiger partial charge >= 0.3 is 6.18 Å². The summed E-state index contributed by atoms with van der Waals surface area (Å²) >= 11 is 6.07. The molecule has 6 nitrogen and oxygen atoms in total. The number of nitrogen functional groups attached to an aromatic ring is 1. The molecule has 32 heavy (non-hydrogen) atoms. The molecule has 1 aliphatic carbocycles. The lowest BCUT2D eigenvalue weighted by molar-refractivity contribution is -0.140. The zero-order valence-electron chi connectivity index (χ0n) is 16.9. The van der Waals surface area contributed by atoms with Crippen LogP contribution < -0.4 is 16.4 Å². The number of nitrogens with zero attached hydrogens (tertiary/aromatic N) is 2. The molecule has 0 saturated heterocycles. The maximum Gasteiger partial charge on any atom is 0.433 e. The van der Waals surface area contributed by atoms with Crippen molar-refractivity contribution in [3.63, 3.8) is 0 Å². The summed E-state index contributed by atoms with van der Waals surface area (Å²) < 4.78 is 40.1. The van der Waals surface area contributed by atoms with Crippen molar-refractivity contribution in [3.05, 3.63) is 58.9 Å². The summed E-state index contributed by atoms with van der Waals surface area (Å²) in [5, 5.41) is 7.14. The number of amides is 1. The molecule has 0 radical (unpaired) electrons. The van der Waals surface area contributed by atoms with Gasteiger partial charge in [-0.1, -0.05) is 11.6 Å². The lowest BCUT2D eigenvalue weighted by Crippen LogP contribution is -2.41. The van der Waals surface area contributed by atoms with Crippen LogP contribution >= 0.6 is 11.6 Å². The van der Waals surface area contributed by atoms with E-state index in [2.05, 4.69) is 20.6 Å². The summed E-state index contributed by atoms with van der Waals surface area (Å²) in [7, 11) is 0. The average Bonchev–Trinajstić information content (AvgIpc) is 2.74. The summed E-state index contributed by atoms with van der Waals surface area (Å²) in [6.07, 6.45) is -0.224. The number of aromatic nitrogens is 2. The van der Waals surface area contributed by atoms with Crippen LogP contribution in [-0.2, 0) is 6.18 Å². The Kier molecular flexibility index (Phi) is 6.10. The number of carbonyl (C=O) groups excluding carboxylic acids is 1. The van der Waals surface area contributed by atoms with E-state index in [9.17, 15) is 18.0 Å². The summed E-state index contributed by atoms with van der Waals surface area (Å²) in [5.41, 5.74) is 5.52. The third-order valence-electron chi connectivity index (χ3n) is 5.48. The van der Waals surface area contributed by atoms with E-state index in [0.717, 1.165) is 25.3 Å². The molecule has 1 aliphatic rings. The van der Waals surface area contributed by atoms with Crippen LogP contribution in [-0.4, -0.2) is 28.0 Å². The standard InChI is InChI=1S/C22H21ClF3N5O/c23-13-5-6-17-16(8-13)18(10-19(31-17)22(24,25)26)29-14-2-1-3-15(9-14)30-21(32)12-4-7-20(27)28-11-12/h4-8,10-11,14-15H,1-3,9H2,(H2,27,28)(H,29,31)(H,30,32)/t14-,15?/m0/s1. The maximum absolute atomic E-state index is 13.4. The maximum atomic E-state index is 13.4. The van der Waals surface area contributed by atoms with Crippen molar-refractivity contribution < 1.29 is 18.0 Å². The first-order valence-corrected chi connectivity index (χ1v) is 10.5. The highest BCUT2D eigenvalue weighted by atomic mass is 35.5. The molecule has 1 unspecified atom stereocenters. The minimum absolute atomic E-state index is 0.120. The molecule has 4 rings (SSSR count). The van der Waals surface area contributed by atoms with Crippen molar-refractivity contribution in [1.82, 2.24) is 15.3 Å². The van der Waals surface area contributed by atoms with Crippen molar-refractivity contribution >= 4 is 39.9 Å². The van der Waals surface area contributed by atoms with E-state index < -0.39 is 11.9 Å². The Morgan fingerprint density at radius 3 is 2.62 bits per heavy atom. The number of alkyl halides is 3. The van der Waals surface area contributed by atoms with Gasteiger partial charge in [0.1, 0.15) is 11.5 Å². The van der Waals surface area contributed by atoms with Gasteiger partial charge in [0.15, 0.2) is 0 Å². The van der Waals surface area contributed by atoms with E-state index in [-0.39, 0.29) is 23.5 Å². The Hall–Kier alpha value is -3.07. The molecular formula is C22H21ClF3N5O. The number of nitrogens with two attached hydrogens (primary N) is 1. The quantitative estimate of drug-likeness (QED) is 0.504. The van der Waals surface area contributed by atoms with Gasteiger partial charge in [0.2, 0.25) is 0 Å². The van der Waals surface area contributed by atoms with E-state index in [4.69, 9.17) is 17.3 Å². The second-order valence-corrected chi connectivity index (χ2v) is 8.30. The van der Waals surface area contributed by atoms with Gasteiger partial charge in [-0.2, -0.15) is 13.2 Å². The zero-order valence-corrected chi connectivity index (χ0v) is 17.7. The fourth-order valence-corrected chi connectivity index (χ4v) is 4.11. The number of rotatable bonds is 4. The van der Waals surface area contributed by atoms with Crippen LogP contribution in [0.4, 0.5) is 24.7 Å². The molecular weight excluding hydrogens is 443 g/mol. The Balaban J connectivity index is 1.52. The highest BCUT2D eigenvalue weighted by Gasteiger charge is 2.34. The second-order valence-electron chi connectivity index (χ2n) is 7.86. The first kappa shape index (κ1) is 22.1. The van der Waals surface area contributed by atoms with Gasteiger partial charge in [-0.05, 0) is 62.1 Å². The molecule has 0 spiro atoms. The van der Waals surface area contributed by atoms with Gasteiger partial charge < -0.3 is 16.4 Å².